The maximum Gasteiger partial charge on any atom is 0.338 e. The van der Waals surface area contributed by atoms with Crippen molar-refractivity contribution in [3.63, 3.8) is 0 Å². The fraction of sp³-hybridized carbons (Fsp3) is 0.333. The normalized spacial score (nSPS) is 13.8. The first-order valence-corrected chi connectivity index (χ1v) is 6.31. The van der Waals surface area contributed by atoms with Crippen LogP contribution in [0.2, 0.25) is 0 Å². The molecule has 1 rings (SSSR count). The number of carbonyl (C=O) groups excluding carboxylic acids is 2. The Labute approximate surface area is 113 Å². The van der Waals surface area contributed by atoms with Gasteiger partial charge in [-0.3, -0.25) is 4.79 Å². The third-order valence-corrected chi connectivity index (χ3v) is 2.75. The zero-order valence-electron chi connectivity index (χ0n) is 11.2. The predicted octanol–water partition coefficient (Wildman–Crippen LogP) is 2.31. The first-order chi connectivity index (χ1) is 9.22. The van der Waals surface area contributed by atoms with Gasteiger partial charge >= 0.3 is 5.97 Å². The lowest BCUT2D eigenvalue weighted by Crippen LogP contribution is -2.40. The summed E-state index contributed by atoms with van der Waals surface area (Å²) in [5.41, 5.74) is 0.498. The van der Waals surface area contributed by atoms with Crippen LogP contribution in [0, 0.1) is 0 Å². The van der Waals surface area contributed by atoms with Crippen molar-refractivity contribution in [2.75, 3.05) is 0 Å². The molecule has 0 bridgehead atoms. The Morgan fingerprint density at radius 3 is 2.58 bits per heavy atom. The van der Waals surface area contributed by atoms with E-state index >= 15 is 0 Å². The summed E-state index contributed by atoms with van der Waals surface area (Å²) in [6.07, 6.45) is 4.41. The molecule has 0 aliphatic rings. The Kier molecular flexibility index (Phi) is 6.36. The zero-order valence-corrected chi connectivity index (χ0v) is 11.2. The Balaban J connectivity index is 2.78. The Morgan fingerprint density at radius 2 is 2.05 bits per heavy atom. The van der Waals surface area contributed by atoms with E-state index in [1.807, 2.05) is 19.9 Å². The second kappa shape index (κ2) is 8.08. The van der Waals surface area contributed by atoms with Gasteiger partial charge in [0.15, 0.2) is 0 Å². The molecule has 19 heavy (non-hydrogen) atoms. The molecule has 0 fully saturated rings. The highest BCUT2D eigenvalue weighted by Crippen LogP contribution is 2.10. The standard InChI is InChI=1S/C15H19NO3/c1-3-8-14(13(4-2)16-11-17)19-15(18)12-9-6-5-7-10-12/h3,5-11,13-14H,4H2,1-2H3,(H,16,17)/b8-3+/t13-,14+/m0/s1. The summed E-state index contributed by atoms with van der Waals surface area (Å²) in [5.74, 6) is -0.394. The number of hydrogen-bond donors (Lipinski definition) is 1. The minimum atomic E-state index is -0.465. The summed E-state index contributed by atoms with van der Waals surface area (Å²) in [6.45, 7) is 3.77. The van der Waals surface area contributed by atoms with E-state index in [0.717, 1.165) is 0 Å². The van der Waals surface area contributed by atoms with E-state index in [4.69, 9.17) is 4.74 Å². The maximum absolute atomic E-state index is 12.0. The summed E-state index contributed by atoms with van der Waals surface area (Å²) in [6, 6.07) is 8.57. The molecule has 102 valence electrons. The van der Waals surface area contributed by atoms with E-state index in [1.54, 1.807) is 36.4 Å². The Hall–Kier alpha value is -2.10. The number of amides is 1. The average molecular weight is 261 g/mol. The van der Waals surface area contributed by atoms with Crippen LogP contribution in [-0.4, -0.2) is 24.5 Å². The quantitative estimate of drug-likeness (QED) is 0.465. The number of rotatable bonds is 7. The number of esters is 1. The molecule has 1 N–H and O–H groups in total. The molecule has 0 heterocycles. The third kappa shape index (κ3) is 4.58. The molecule has 0 aliphatic heterocycles. The second-order valence-electron chi connectivity index (χ2n) is 4.06. The van der Waals surface area contributed by atoms with Gasteiger partial charge in [0, 0.05) is 0 Å². The van der Waals surface area contributed by atoms with Crippen LogP contribution in [-0.2, 0) is 9.53 Å². The molecule has 1 aromatic rings. The smallest absolute Gasteiger partial charge is 0.338 e. The number of nitrogens with one attached hydrogen (secondary N) is 1. The molecule has 0 unspecified atom stereocenters. The van der Waals surface area contributed by atoms with Gasteiger partial charge in [0.05, 0.1) is 11.6 Å². The van der Waals surface area contributed by atoms with Gasteiger partial charge in [0.25, 0.3) is 0 Å². The Bertz CT molecular complexity index is 428. The van der Waals surface area contributed by atoms with E-state index in [0.29, 0.717) is 18.4 Å². The van der Waals surface area contributed by atoms with Gasteiger partial charge in [0.1, 0.15) is 6.10 Å². The van der Waals surface area contributed by atoms with Crippen molar-refractivity contribution in [2.24, 2.45) is 0 Å². The molecule has 4 heteroatoms. The van der Waals surface area contributed by atoms with E-state index < -0.39 is 12.1 Å². The summed E-state index contributed by atoms with van der Waals surface area (Å²) >= 11 is 0. The number of carbonyl (C=O) groups is 2. The summed E-state index contributed by atoms with van der Waals surface area (Å²) in [7, 11) is 0. The molecule has 0 radical (unpaired) electrons. The molecule has 0 saturated carbocycles. The topological polar surface area (TPSA) is 55.4 Å². The van der Waals surface area contributed by atoms with Gasteiger partial charge in [-0.1, -0.05) is 31.2 Å². The summed E-state index contributed by atoms with van der Waals surface area (Å²) in [5, 5.41) is 2.66. The lowest BCUT2D eigenvalue weighted by Gasteiger charge is -2.23. The third-order valence-electron chi connectivity index (χ3n) is 2.75. The van der Waals surface area contributed by atoms with Crippen LogP contribution in [0.3, 0.4) is 0 Å². The van der Waals surface area contributed by atoms with Gasteiger partial charge in [0.2, 0.25) is 6.41 Å². The fourth-order valence-corrected chi connectivity index (χ4v) is 1.74. The SMILES string of the molecule is C/C=C/[C@@H](OC(=O)c1ccccc1)[C@H](CC)NC=O. The molecular weight excluding hydrogens is 242 g/mol. The van der Waals surface area contributed by atoms with Gasteiger partial charge in [-0.05, 0) is 31.6 Å². The van der Waals surface area contributed by atoms with E-state index in [1.165, 1.54) is 0 Å². The lowest BCUT2D eigenvalue weighted by atomic mass is 10.1. The fourth-order valence-electron chi connectivity index (χ4n) is 1.74. The van der Waals surface area contributed by atoms with Crippen LogP contribution in [0.25, 0.3) is 0 Å². The number of hydrogen-bond acceptors (Lipinski definition) is 3. The van der Waals surface area contributed by atoms with Gasteiger partial charge in [-0.25, -0.2) is 4.79 Å². The van der Waals surface area contributed by atoms with Gasteiger partial charge in [-0.2, -0.15) is 0 Å². The van der Waals surface area contributed by atoms with E-state index in [2.05, 4.69) is 5.32 Å². The van der Waals surface area contributed by atoms with Crippen LogP contribution in [0.5, 0.6) is 0 Å². The van der Waals surface area contributed by atoms with Crippen LogP contribution >= 0.6 is 0 Å². The maximum atomic E-state index is 12.0. The average Bonchev–Trinajstić information content (AvgIpc) is 2.45. The minimum Gasteiger partial charge on any atom is -0.452 e. The van der Waals surface area contributed by atoms with Gasteiger partial charge in [-0.15, -0.1) is 0 Å². The zero-order chi connectivity index (χ0) is 14.1. The monoisotopic (exact) mass is 261 g/mol. The van der Waals surface area contributed by atoms with Crippen LogP contribution in [0.15, 0.2) is 42.5 Å². The summed E-state index contributed by atoms with van der Waals surface area (Å²) in [4.78, 5) is 22.5. The van der Waals surface area contributed by atoms with Gasteiger partial charge < -0.3 is 10.1 Å². The largest absolute Gasteiger partial charge is 0.452 e. The van der Waals surface area contributed by atoms with Crippen LogP contribution < -0.4 is 5.32 Å². The second-order valence-corrected chi connectivity index (χ2v) is 4.06. The molecule has 0 aliphatic carbocycles. The number of ether oxygens (including phenoxy) is 1. The summed E-state index contributed by atoms with van der Waals surface area (Å²) < 4.78 is 5.44. The molecule has 0 spiro atoms. The van der Waals surface area contributed by atoms with Crippen molar-refractivity contribution in [1.82, 2.24) is 5.32 Å². The first kappa shape index (κ1) is 15.0. The predicted molar refractivity (Wildman–Crippen MR) is 73.7 cm³/mol. The molecule has 0 aromatic heterocycles. The minimum absolute atomic E-state index is 0.221. The van der Waals surface area contributed by atoms with Crippen molar-refractivity contribution in [3.8, 4) is 0 Å². The van der Waals surface area contributed by atoms with Crippen LogP contribution in [0.1, 0.15) is 30.6 Å². The highest BCUT2D eigenvalue weighted by atomic mass is 16.5. The van der Waals surface area contributed by atoms with Crippen LogP contribution in [0.4, 0.5) is 0 Å². The molecule has 4 nitrogen and oxygen atoms in total. The molecule has 1 amide bonds. The molecular formula is C15H19NO3. The molecule has 1 aromatic carbocycles. The van der Waals surface area contributed by atoms with E-state index in [-0.39, 0.29) is 6.04 Å². The van der Waals surface area contributed by atoms with Crippen molar-refractivity contribution in [2.45, 2.75) is 32.4 Å². The number of benzene rings is 1. The van der Waals surface area contributed by atoms with Crippen molar-refractivity contribution in [3.05, 3.63) is 48.0 Å². The first-order valence-electron chi connectivity index (χ1n) is 6.31. The molecule has 2 atom stereocenters. The van der Waals surface area contributed by atoms with Crippen molar-refractivity contribution in [1.29, 1.82) is 0 Å². The highest BCUT2D eigenvalue weighted by Gasteiger charge is 2.21. The van der Waals surface area contributed by atoms with Crippen molar-refractivity contribution >= 4 is 12.4 Å². The van der Waals surface area contributed by atoms with Crippen molar-refractivity contribution < 1.29 is 14.3 Å². The molecule has 0 saturated heterocycles. The highest BCUT2D eigenvalue weighted by molar-refractivity contribution is 5.89. The lowest BCUT2D eigenvalue weighted by molar-refractivity contribution is -0.110. The number of allylic oxidation sites excluding steroid dienone is 1. The van der Waals surface area contributed by atoms with E-state index in [9.17, 15) is 9.59 Å². The Morgan fingerprint density at radius 1 is 1.37 bits per heavy atom.